The quantitative estimate of drug-likeness (QED) is 0.249. The van der Waals surface area contributed by atoms with Gasteiger partial charge >= 0.3 is 185 Å². The molecule has 0 amide bonds. The summed E-state index contributed by atoms with van der Waals surface area (Å²) in [5, 5.41) is 0. The second kappa shape index (κ2) is 11.9. The molecule has 2 rings (SSSR count). The fourth-order valence-electron chi connectivity index (χ4n) is 3.09. The van der Waals surface area contributed by atoms with E-state index in [1.165, 1.54) is 27.9 Å². The molecule has 0 radical (unpaired) electrons. The topological polar surface area (TPSA) is 97.4 Å². The molecule has 1 saturated heterocycles. The van der Waals surface area contributed by atoms with Crippen molar-refractivity contribution in [2.24, 2.45) is 0 Å². The molecule has 0 saturated carbocycles. The Balaban J connectivity index is 2.28. The van der Waals surface area contributed by atoms with E-state index in [0.717, 1.165) is 4.90 Å². The molecule has 5 atom stereocenters. The first-order chi connectivity index (χ1) is 13.8. The van der Waals surface area contributed by atoms with Gasteiger partial charge in [-0.1, -0.05) is 0 Å². The van der Waals surface area contributed by atoms with E-state index < -0.39 is 65.6 Å². The number of hydrogen-bond donors (Lipinski definition) is 0. The number of carbonyl (C=O) groups is 3. The fourth-order valence-corrected chi connectivity index (χ4v) is 17.5. The summed E-state index contributed by atoms with van der Waals surface area (Å²) in [6, 6.07) is 9.90. The molecular formula is C19H24HgO8S. The minimum atomic E-state index is -1.91. The van der Waals surface area contributed by atoms with Gasteiger partial charge in [-0.05, 0) is 0 Å². The van der Waals surface area contributed by atoms with E-state index in [-0.39, 0.29) is 10.0 Å². The van der Waals surface area contributed by atoms with Crippen molar-refractivity contribution in [3.63, 3.8) is 0 Å². The number of esters is 3. The molecule has 1 heterocycles. The van der Waals surface area contributed by atoms with Crippen LogP contribution in [0.4, 0.5) is 0 Å². The predicted octanol–water partition coefficient (Wildman–Crippen LogP) is 2.36. The van der Waals surface area contributed by atoms with Crippen LogP contribution in [0.25, 0.3) is 0 Å². The Hall–Kier alpha value is -1.16. The number of carbonyl (C=O) groups excluding carboxylic acids is 3. The number of benzene rings is 1. The van der Waals surface area contributed by atoms with E-state index in [9.17, 15) is 14.4 Å². The number of hydrogen-bond acceptors (Lipinski definition) is 9. The Morgan fingerprint density at radius 1 is 1.00 bits per heavy atom. The monoisotopic (exact) mass is 614 g/mol. The van der Waals surface area contributed by atoms with Gasteiger partial charge in [0.15, 0.2) is 0 Å². The van der Waals surface area contributed by atoms with Gasteiger partial charge in [-0.25, -0.2) is 0 Å². The Kier molecular flexibility index (Phi) is 9.87. The molecule has 1 fully saturated rings. The molecule has 0 aromatic heterocycles. The Morgan fingerprint density at radius 3 is 2.17 bits per heavy atom. The molecule has 156 valence electrons. The van der Waals surface area contributed by atoms with Gasteiger partial charge in [0.05, 0.1) is 0 Å². The zero-order chi connectivity index (χ0) is 21.4. The van der Waals surface area contributed by atoms with Crippen molar-refractivity contribution >= 4 is 26.2 Å². The SMILES string of the molecule is COC1OC(COC(C)=O)C(OC(C)=O)C(OC(C)=O)[CH]1[Hg][S]c1ccccc1. The Labute approximate surface area is 184 Å². The molecule has 5 unspecified atom stereocenters. The van der Waals surface area contributed by atoms with Crippen molar-refractivity contribution in [1.29, 1.82) is 0 Å². The van der Waals surface area contributed by atoms with Crippen LogP contribution in [0.1, 0.15) is 20.8 Å². The van der Waals surface area contributed by atoms with Gasteiger partial charge in [-0.3, -0.25) is 0 Å². The average Bonchev–Trinajstić information content (AvgIpc) is 2.67. The van der Waals surface area contributed by atoms with Crippen LogP contribution in [0.2, 0.25) is 3.43 Å². The minimum absolute atomic E-state index is 0.139. The third kappa shape index (κ3) is 7.55. The molecule has 1 aliphatic rings. The van der Waals surface area contributed by atoms with E-state index in [1.54, 1.807) is 8.24 Å². The van der Waals surface area contributed by atoms with Gasteiger partial charge in [0.1, 0.15) is 0 Å². The molecule has 1 aromatic carbocycles. The molecule has 0 bridgehead atoms. The van der Waals surface area contributed by atoms with E-state index >= 15 is 0 Å². The zero-order valence-electron chi connectivity index (χ0n) is 16.9. The summed E-state index contributed by atoms with van der Waals surface area (Å²) >= 11 is -1.91. The molecule has 1 aliphatic heterocycles. The van der Waals surface area contributed by atoms with Crippen molar-refractivity contribution in [3.05, 3.63) is 30.3 Å². The maximum absolute atomic E-state index is 11.8. The molecule has 8 nitrogen and oxygen atoms in total. The summed E-state index contributed by atoms with van der Waals surface area (Å²) in [4.78, 5) is 35.9. The van der Waals surface area contributed by atoms with E-state index in [0.29, 0.717) is 0 Å². The normalized spacial score (nSPS) is 26.1. The van der Waals surface area contributed by atoms with Crippen LogP contribution < -0.4 is 0 Å². The van der Waals surface area contributed by atoms with Gasteiger partial charge in [0, 0.05) is 0 Å². The molecule has 29 heavy (non-hydrogen) atoms. The summed E-state index contributed by atoms with van der Waals surface area (Å²) in [6.07, 6.45) is -3.06. The summed E-state index contributed by atoms with van der Waals surface area (Å²) in [5.41, 5.74) is 0. The molecule has 0 aliphatic carbocycles. The first kappa shape index (κ1) is 24.1. The van der Waals surface area contributed by atoms with Crippen molar-refractivity contribution < 1.29 is 61.1 Å². The predicted molar refractivity (Wildman–Crippen MR) is 99.5 cm³/mol. The van der Waals surface area contributed by atoms with Crippen molar-refractivity contribution in [2.75, 3.05) is 13.7 Å². The number of ether oxygens (including phenoxy) is 5. The first-order valence-corrected chi connectivity index (χ1v) is 20.0. The summed E-state index contributed by atoms with van der Waals surface area (Å²) in [5.74, 6) is -1.52. The number of rotatable bonds is 8. The van der Waals surface area contributed by atoms with Gasteiger partial charge in [-0.2, -0.15) is 0 Å². The molecule has 0 N–H and O–H groups in total. The van der Waals surface area contributed by atoms with Crippen LogP contribution in [0, 0.1) is 0 Å². The van der Waals surface area contributed by atoms with Crippen molar-refractivity contribution in [1.82, 2.24) is 0 Å². The molecular weight excluding hydrogens is 589 g/mol. The average molecular weight is 613 g/mol. The van der Waals surface area contributed by atoms with Gasteiger partial charge in [-0.15, -0.1) is 0 Å². The van der Waals surface area contributed by atoms with Crippen LogP contribution in [-0.4, -0.2) is 56.2 Å². The van der Waals surface area contributed by atoms with E-state index in [2.05, 4.69) is 0 Å². The summed E-state index contributed by atoms with van der Waals surface area (Å²) in [7, 11) is 3.27. The first-order valence-electron chi connectivity index (χ1n) is 9.15. The molecule has 10 heteroatoms. The van der Waals surface area contributed by atoms with Gasteiger partial charge < -0.3 is 0 Å². The molecule has 1 aromatic rings. The third-order valence-corrected chi connectivity index (χ3v) is 19.0. The third-order valence-electron chi connectivity index (χ3n) is 4.24. The Bertz CT molecular complexity index is 701. The maximum atomic E-state index is 11.8. The van der Waals surface area contributed by atoms with E-state index in [1.807, 2.05) is 30.3 Å². The fraction of sp³-hybridized carbons (Fsp3) is 0.526. The summed E-state index contributed by atoms with van der Waals surface area (Å²) in [6.45, 7) is 3.72. The standard InChI is InChI=1S/C13H19O8.C6H6S.Hg/c1-7(14)18-6-11-13(20-9(3)16)10(19-8(2)15)5-12(17-4)21-11;7-6-4-2-1-3-5-6;/h5,10-13H,6H2,1-4H3;1-5,7H;/q;;+1/p-1. The van der Waals surface area contributed by atoms with E-state index in [4.69, 9.17) is 23.7 Å². The van der Waals surface area contributed by atoms with Crippen molar-refractivity contribution in [2.45, 2.75) is 53.7 Å². The van der Waals surface area contributed by atoms with Gasteiger partial charge in [0.2, 0.25) is 0 Å². The van der Waals surface area contributed by atoms with Crippen LogP contribution in [0.15, 0.2) is 35.2 Å². The van der Waals surface area contributed by atoms with Crippen LogP contribution in [0.5, 0.6) is 0 Å². The zero-order valence-corrected chi connectivity index (χ0v) is 23.2. The van der Waals surface area contributed by atoms with Crippen LogP contribution in [0.3, 0.4) is 0 Å². The van der Waals surface area contributed by atoms with Crippen molar-refractivity contribution in [3.8, 4) is 0 Å². The van der Waals surface area contributed by atoms with Gasteiger partial charge in [0.25, 0.3) is 0 Å². The summed E-state index contributed by atoms with van der Waals surface area (Å²) < 4.78 is 27.5. The van der Waals surface area contributed by atoms with Crippen LogP contribution in [-0.2, 0) is 61.1 Å². The molecule has 0 spiro atoms. The second-order valence-electron chi connectivity index (χ2n) is 6.52. The second-order valence-corrected chi connectivity index (χ2v) is 18.5. The van der Waals surface area contributed by atoms with Crippen LogP contribution >= 0.6 is 8.24 Å². The Morgan fingerprint density at radius 2 is 1.62 bits per heavy atom. The number of methoxy groups -OCH3 is 1.